The van der Waals surface area contributed by atoms with Crippen molar-refractivity contribution in [1.82, 2.24) is 5.32 Å². The summed E-state index contributed by atoms with van der Waals surface area (Å²) in [6, 6.07) is 9.23. The first kappa shape index (κ1) is 14.3. The first-order chi connectivity index (χ1) is 9.61. The Bertz CT molecular complexity index is 594. The number of methoxy groups -OCH3 is 1. The SMILES string of the molecule is COC[C@H](C)NC(=O)c1ccc(-c2ccccc2F)o1. The van der Waals surface area contributed by atoms with E-state index in [1.807, 2.05) is 6.92 Å². The van der Waals surface area contributed by atoms with Gasteiger partial charge in [-0.3, -0.25) is 4.79 Å². The molecule has 1 heterocycles. The molecular weight excluding hydrogens is 261 g/mol. The van der Waals surface area contributed by atoms with Crippen LogP contribution >= 0.6 is 0 Å². The van der Waals surface area contributed by atoms with Gasteiger partial charge in [0.05, 0.1) is 12.2 Å². The number of amides is 1. The summed E-state index contributed by atoms with van der Waals surface area (Å²) >= 11 is 0. The number of halogens is 1. The van der Waals surface area contributed by atoms with Gasteiger partial charge in [-0.2, -0.15) is 0 Å². The highest BCUT2D eigenvalue weighted by molar-refractivity contribution is 5.92. The zero-order valence-corrected chi connectivity index (χ0v) is 11.4. The minimum atomic E-state index is -0.387. The largest absolute Gasteiger partial charge is 0.451 e. The van der Waals surface area contributed by atoms with Crippen LogP contribution in [0.1, 0.15) is 17.5 Å². The second-order valence-corrected chi connectivity index (χ2v) is 4.47. The van der Waals surface area contributed by atoms with Crippen LogP contribution in [0, 0.1) is 5.82 Å². The summed E-state index contributed by atoms with van der Waals surface area (Å²) in [7, 11) is 1.56. The summed E-state index contributed by atoms with van der Waals surface area (Å²) in [5.74, 6) is -0.266. The Labute approximate surface area is 116 Å². The fourth-order valence-electron chi connectivity index (χ4n) is 1.85. The van der Waals surface area contributed by atoms with Crippen LogP contribution in [0.4, 0.5) is 4.39 Å². The number of benzene rings is 1. The highest BCUT2D eigenvalue weighted by atomic mass is 19.1. The third-order valence-corrected chi connectivity index (χ3v) is 2.76. The standard InChI is InChI=1S/C15H16FNO3/c1-10(9-19-2)17-15(18)14-8-7-13(20-14)11-5-3-4-6-12(11)16/h3-8,10H,9H2,1-2H3,(H,17,18)/t10-/m0/s1. The van der Waals surface area contributed by atoms with Gasteiger partial charge in [-0.15, -0.1) is 0 Å². The van der Waals surface area contributed by atoms with Crippen molar-refractivity contribution in [3.63, 3.8) is 0 Å². The molecule has 20 heavy (non-hydrogen) atoms. The maximum atomic E-state index is 13.6. The predicted molar refractivity (Wildman–Crippen MR) is 72.9 cm³/mol. The molecule has 0 spiro atoms. The van der Waals surface area contributed by atoms with Gasteiger partial charge in [0.15, 0.2) is 5.76 Å². The maximum Gasteiger partial charge on any atom is 0.287 e. The number of nitrogens with one attached hydrogen (secondary N) is 1. The number of ether oxygens (including phenoxy) is 1. The van der Waals surface area contributed by atoms with Crippen molar-refractivity contribution in [1.29, 1.82) is 0 Å². The first-order valence-corrected chi connectivity index (χ1v) is 6.26. The van der Waals surface area contributed by atoms with Gasteiger partial charge in [-0.1, -0.05) is 12.1 Å². The second kappa shape index (κ2) is 6.34. The number of furan rings is 1. The Hall–Kier alpha value is -2.14. The van der Waals surface area contributed by atoms with Crippen molar-refractivity contribution in [3.8, 4) is 11.3 Å². The van der Waals surface area contributed by atoms with Crippen LogP contribution in [0.2, 0.25) is 0 Å². The van der Waals surface area contributed by atoms with Gasteiger partial charge in [0.25, 0.3) is 5.91 Å². The van der Waals surface area contributed by atoms with Crippen LogP contribution in [0.15, 0.2) is 40.8 Å². The van der Waals surface area contributed by atoms with E-state index in [4.69, 9.17) is 9.15 Å². The van der Waals surface area contributed by atoms with Crippen molar-refractivity contribution in [2.75, 3.05) is 13.7 Å². The van der Waals surface area contributed by atoms with Crippen molar-refractivity contribution in [2.45, 2.75) is 13.0 Å². The van der Waals surface area contributed by atoms with Crippen LogP contribution in [0.5, 0.6) is 0 Å². The molecule has 2 aromatic rings. The monoisotopic (exact) mass is 277 g/mol. The van der Waals surface area contributed by atoms with Gasteiger partial charge in [0.2, 0.25) is 0 Å². The molecule has 2 rings (SSSR count). The zero-order chi connectivity index (χ0) is 14.5. The molecule has 1 amide bonds. The lowest BCUT2D eigenvalue weighted by Crippen LogP contribution is -2.35. The van der Waals surface area contributed by atoms with Crippen molar-refractivity contribution < 1.29 is 18.3 Å². The van der Waals surface area contributed by atoms with E-state index in [9.17, 15) is 9.18 Å². The summed E-state index contributed by atoms with van der Waals surface area (Å²) in [5.41, 5.74) is 0.330. The van der Waals surface area contributed by atoms with Crippen molar-refractivity contribution >= 4 is 5.91 Å². The van der Waals surface area contributed by atoms with Crippen molar-refractivity contribution in [3.05, 3.63) is 48.0 Å². The Morgan fingerprint density at radius 3 is 2.80 bits per heavy atom. The van der Waals surface area contributed by atoms with Crippen LogP contribution in [0.3, 0.4) is 0 Å². The molecule has 1 aromatic carbocycles. The van der Waals surface area contributed by atoms with Gasteiger partial charge in [-0.05, 0) is 31.2 Å². The van der Waals surface area contributed by atoms with E-state index < -0.39 is 0 Å². The number of hydrogen-bond donors (Lipinski definition) is 1. The van der Waals surface area contributed by atoms with Crippen LogP contribution in [-0.2, 0) is 4.74 Å². The third kappa shape index (κ3) is 3.24. The predicted octanol–water partition coefficient (Wildman–Crippen LogP) is 2.85. The Morgan fingerprint density at radius 2 is 2.10 bits per heavy atom. The molecule has 0 aliphatic carbocycles. The minimum Gasteiger partial charge on any atom is -0.451 e. The lowest BCUT2D eigenvalue weighted by Gasteiger charge is -2.11. The number of rotatable bonds is 5. The van der Waals surface area contributed by atoms with E-state index in [1.165, 1.54) is 12.1 Å². The number of hydrogen-bond acceptors (Lipinski definition) is 3. The number of carbonyl (C=O) groups excluding carboxylic acids is 1. The first-order valence-electron chi connectivity index (χ1n) is 6.26. The molecule has 0 radical (unpaired) electrons. The molecule has 0 bridgehead atoms. The van der Waals surface area contributed by atoms with Crippen LogP contribution in [-0.4, -0.2) is 25.7 Å². The van der Waals surface area contributed by atoms with Crippen LogP contribution in [0.25, 0.3) is 11.3 Å². The fraction of sp³-hybridized carbons (Fsp3) is 0.267. The Morgan fingerprint density at radius 1 is 1.35 bits per heavy atom. The smallest absolute Gasteiger partial charge is 0.287 e. The highest BCUT2D eigenvalue weighted by Crippen LogP contribution is 2.24. The van der Waals surface area contributed by atoms with E-state index >= 15 is 0 Å². The molecule has 1 atom stereocenters. The molecule has 1 aromatic heterocycles. The van der Waals surface area contributed by atoms with Crippen molar-refractivity contribution in [2.24, 2.45) is 0 Å². The van der Waals surface area contributed by atoms with Gasteiger partial charge in [-0.25, -0.2) is 4.39 Å². The van der Waals surface area contributed by atoms with E-state index in [2.05, 4.69) is 5.32 Å². The summed E-state index contributed by atoms with van der Waals surface area (Å²) in [6.45, 7) is 2.23. The molecule has 4 nitrogen and oxygen atoms in total. The molecular formula is C15H16FNO3. The molecule has 0 saturated heterocycles. The van der Waals surface area contributed by atoms with Crippen LogP contribution < -0.4 is 5.32 Å². The molecule has 106 valence electrons. The second-order valence-electron chi connectivity index (χ2n) is 4.47. The lowest BCUT2D eigenvalue weighted by atomic mass is 10.1. The fourth-order valence-corrected chi connectivity index (χ4v) is 1.85. The number of carbonyl (C=O) groups is 1. The molecule has 0 aliphatic heterocycles. The van der Waals surface area contributed by atoms with E-state index in [-0.39, 0.29) is 23.5 Å². The molecule has 5 heteroatoms. The molecule has 0 aliphatic rings. The quantitative estimate of drug-likeness (QED) is 0.914. The van der Waals surface area contributed by atoms with E-state index in [0.717, 1.165) is 0 Å². The molecule has 1 N–H and O–H groups in total. The van der Waals surface area contributed by atoms with Gasteiger partial charge in [0, 0.05) is 13.2 Å². The normalized spacial score (nSPS) is 12.2. The average Bonchev–Trinajstić information content (AvgIpc) is 2.89. The summed E-state index contributed by atoms with van der Waals surface area (Å²) < 4.78 is 24.0. The summed E-state index contributed by atoms with van der Waals surface area (Å²) in [6.07, 6.45) is 0. The molecule has 0 unspecified atom stereocenters. The average molecular weight is 277 g/mol. The lowest BCUT2D eigenvalue weighted by molar-refractivity contribution is 0.0879. The Balaban J connectivity index is 2.13. The summed E-state index contributed by atoms with van der Waals surface area (Å²) in [4.78, 5) is 11.9. The van der Waals surface area contributed by atoms with Gasteiger partial charge in [0.1, 0.15) is 11.6 Å². The Kier molecular flexibility index (Phi) is 4.53. The third-order valence-electron chi connectivity index (χ3n) is 2.76. The topological polar surface area (TPSA) is 51.5 Å². The van der Waals surface area contributed by atoms with E-state index in [1.54, 1.807) is 31.4 Å². The maximum absolute atomic E-state index is 13.6. The minimum absolute atomic E-state index is 0.130. The van der Waals surface area contributed by atoms with Gasteiger partial charge < -0.3 is 14.5 Å². The summed E-state index contributed by atoms with van der Waals surface area (Å²) in [5, 5.41) is 2.73. The zero-order valence-electron chi connectivity index (χ0n) is 11.4. The molecule has 0 saturated carbocycles. The highest BCUT2D eigenvalue weighted by Gasteiger charge is 2.15. The van der Waals surface area contributed by atoms with E-state index in [0.29, 0.717) is 17.9 Å². The van der Waals surface area contributed by atoms with Gasteiger partial charge >= 0.3 is 0 Å². The molecule has 0 fully saturated rings.